The lowest BCUT2D eigenvalue weighted by Gasteiger charge is -2.22. The Morgan fingerprint density at radius 3 is 2.59 bits per heavy atom. The number of ether oxygens (including phenoxy) is 1. The monoisotopic (exact) mass is 388 g/mol. The van der Waals surface area contributed by atoms with Crippen LogP contribution in [0.4, 0.5) is 4.79 Å². The molecule has 0 bridgehead atoms. The average molecular weight is 389 g/mol. The van der Waals surface area contributed by atoms with E-state index in [1.54, 1.807) is 4.90 Å². The molecule has 1 aliphatic heterocycles. The quantitative estimate of drug-likeness (QED) is 0.796. The van der Waals surface area contributed by atoms with Gasteiger partial charge in [-0.05, 0) is 39.7 Å². The first-order valence-corrected chi connectivity index (χ1v) is 9.10. The fourth-order valence-electron chi connectivity index (χ4n) is 2.22. The van der Waals surface area contributed by atoms with E-state index in [1.165, 1.54) is 11.3 Å². The molecule has 5 nitrogen and oxygen atoms in total. The third-order valence-electron chi connectivity index (χ3n) is 3.39. The van der Waals surface area contributed by atoms with Gasteiger partial charge in [0, 0.05) is 30.7 Å². The molecule has 0 spiro atoms. The maximum atomic E-state index is 12.5. The summed E-state index contributed by atoms with van der Waals surface area (Å²) in [5.74, 6) is 0.351. The minimum absolute atomic E-state index is 0.0271. The molecule has 0 aromatic carbocycles. The van der Waals surface area contributed by atoms with Gasteiger partial charge in [-0.15, -0.1) is 11.3 Å². The molecule has 1 aromatic rings. The summed E-state index contributed by atoms with van der Waals surface area (Å²) >= 11 is 4.83. The topological polar surface area (TPSA) is 49.9 Å². The molecule has 0 unspecified atom stereocenters. The number of thiophene rings is 1. The number of amides is 2. The van der Waals surface area contributed by atoms with Gasteiger partial charge in [-0.1, -0.05) is 13.8 Å². The number of hydrogen-bond donors (Lipinski definition) is 0. The van der Waals surface area contributed by atoms with E-state index >= 15 is 0 Å². The summed E-state index contributed by atoms with van der Waals surface area (Å²) in [6.07, 6.45) is 0.492. The second kappa shape index (κ2) is 7.97. The van der Waals surface area contributed by atoms with Gasteiger partial charge in [0.25, 0.3) is 5.91 Å². The Hall–Kier alpha value is -1.08. The van der Waals surface area contributed by atoms with Crippen molar-refractivity contribution >= 4 is 39.3 Å². The molecule has 1 aromatic heterocycles. The van der Waals surface area contributed by atoms with Gasteiger partial charge in [0.15, 0.2) is 0 Å². The molecule has 1 saturated heterocycles. The molecule has 122 valence electrons. The highest BCUT2D eigenvalue weighted by Crippen LogP contribution is 2.24. The summed E-state index contributed by atoms with van der Waals surface area (Å²) < 4.78 is 6.10. The Balaban J connectivity index is 1.91. The van der Waals surface area contributed by atoms with Crippen LogP contribution in [-0.4, -0.2) is 54.6 Å². The van der Waals surface area contributed by atoms with Crippen LogP contribution >= 0.6 is 27.3 Å². The highest BCUT2D eigenvalue weighted by atomic mass is 79.9. The summed E-state index contributed by atoms with van der Waals surface area (Å²) in [6, 6.07) is 1.88. The lowest BCUT2D eigenvalue weighted by atomic mass is 10.2. The third-order valence-corrected chi connectivity index (χ3v) is 5.22. The number of nitrogens with zero attached hydrogens (tertiary/aromatic N) is 2. The first-order valence-electron chi connectivity index (χ1n) is 7.43. The Kier molecular flexibility index (Phi) is 6.26. The molecule has 2 amide bonds. The maximum Gasteiger partial charge on any atom is 0.409 e. The van der Waals surface area contributed by atoms with Crippen LogP contribution in [0.5, 0.6) is 0 Å². The number of hydrogen-bond acceptors (Lipinski definition) is 4. The molecule has 0 saturated carbocycles. The van der Waals surface area contributed by atoms with E-state index in [0.29, 0.717) is 38.7 Å². The maximum absolute atomic E-state index is 12.5. The Morgan fingerprint density at radius 2 is 1.95 bits per heavy atom. The fourth-order valence-corrected chi connectivity index (χ4v) is 3.73. The minimum atomic E-state index is -0.277. The summed E-state index contributed by atoms with van der Waals surface area (Å²) in [5, 5.41) is 1.89. The van der Waals surface area contributed by atoms with Crippen molar-refractivity contribution in [3.8, 4) is 0 Å². The van der Waals surface area contributed by atoms with E-state index < -0.39 is 0 Å². The van der Waals surface area contributed by atoms with E-state index in [1.807, 2.05) is 30.2 Å². The second-order valence-electron chi connectivity index (χ2n) is 5.70. The van der Waals surface area contributed by atoms with Gasteiger partial charge < -0.3 is 14.5 Å². The molecule has 1 aliphatic rings. The van der Waals surface area contributed by atoms with Gasteiger partial charge >= 0.3 is 6.09 Å². The molecule has 2 heterocycles. The van der Waals surface area contributed by atoms with Crippen LogP contribution in [0.1, 0.15) is 29.9 Å². The van der Waals surface area contributed by atoms with Crippen molar-refractivity contribution in [3.05, 3.63) is 20.8 Å². The molecule has 0 radical (unpaired) electrons. The smallest absolute Gasteiger partial charge is 0.409 e. The van der Waals surface area contributed by atoms with Gasteiger partial charge in [0.05, 0.1) is 6.61 Å². The molecule has 1 fully saturated rings. The average Bonchev–Trinajstić information content (AvgIpc) is 2.76. The van der Waals surface area contributed by atoms with Crippen LogP contribution < -0.4 is 0 Å². The second-order valence-corrected chi connectivity index (χ2v) is 7.47. The van der Waals surface area contributed by atoms with Crippen molar-refractivity contribution < 1.29 is 14.3 Å². The lowest BCUT2D eigenvalue weighted by molar-refractivity contribution is 0.0750. The van der Waals surface area contributed by atoms with Crippen molar-refractivity contribution in [2.45, 2.75) is 20.3 Å². The van der Waals surface area contributed by atoms with E-state index in [0.717, 1.165) is 15.8 Å². The Labute approximate surface area is 143 Å². The Bertz CT molecular complexity index is 533. The van der Waals surface area contributed by atoms with Gasteiger partial charge in [0.1, 0.15) is 4.88 Å². The normalized spacial score (nSPS) is 15.8. The number of carbonyl (C=O) groups is 2. The summed E-state index contributed by atoms with van der Waals surface area (Å²) in [6.45, 7) is 6.80. The molecule has 2 rings (SSSR count). The first-order chi connectivity index (χ1) is 10.5. The largest absolute Gasteiger partial charge is 0.449 e. The van der Waals surface area contributed by atoms with Crippen LogP contribution in [0.15, 0.2) is 15.9 Å². The third kappa shape index (κ3) is 4.46. The van der Waals surface area contributed by atoms with Gasteiger partial charge in [-0.3, -0.25) is 4.79 Å². The predicted octanol–water partition coefficient (Wildman–Crippen LogP) is 3.45. The van der Waals surface area contributed by atoms with E-state index in [9.17, 15) is 9.59 Å². The lowest BCUT2D eigenvalue weighted by Crippen LogP contribution is -2.37. The van der Waals surface area contributed by atoms with Crippen LogP contribution in [0.25, 0.3) is 0 Å². The zero-order chi connectivity index (χ0) is 16.1. The van der Waals surface area contributed by atoms with Gasteiger partial charge in [-0.25, -0.2) is 4.79 Å². The summed E-state index contributed by atoms with van der Waals surface area (Å²) in [5.41, 5.74) is 0. The molecule has 0 atom stereocenters. The number of rotatable bonds is 3. The van der Waals surface area contributed by atoms with Crippen LogP contribution in [-0.2, 0) is 4.74 Å². The van der Waals surface area contributed by atoms with Crippen LogP contribution in [0, 0.1) is 5.92 Å². The van der Waals surface area contributed by atoms with E-state index in [4.69, 9.17) is 4.74 Å². The molecular formula is C15H21BrN2O3S. The minimum Gasteiger partial charge on any atom is -0.449 e. The molecule has 0 aliphatic carbocycles. The van der Waals surface area contributed by atoms with Crippen molar-refractivity contribution in [2.24, 2.45) is 5.92 Å². The van der Waals surface area contributed by atoms with Gasteiger partial charge in [-0.2, -0.15) is 0 Å². The fraction of sp³-hybridized carbons (Fsp3) is 0.600. The zero-order valence-corrected chi connectivity index (χ0v) is 15.3. The van der Waals surface area contributed by atoms with Crippen LogP contribution in [0.3, 0.4) is 0 Å². The van der Waals surface area contributed by atoms with Crippen molar-refractivity contribution in [3.63, 3.8) is 0 Å². The van der Waals surface area contributed by atoms with E-state index in [-0.39, 0.29) is 12.0 Å². The van der Waals surface area contributed by atoms with Crippen molar-refractivity contribution in [2.75, 3.05) is 32.8 Å². The summed E-state index contributed by atoms with van der Waals surface area (Å²) in [4.78, 5) is 28.7. The highest BCUT2D eigenvalue weighted by Gasteiger charge is 2.25. The molecular weight excluding hydrogens is 368 g/mol. The molecule has 7 heteroatoms. The zero-order valence-electron chi connectivity index (χ0n) is 12.9. The summed E-state index contributed by atoms with van der Waals surface area (Å²) in [7, 11) is 0. The number of halogens is 1. The van der Waals surface area contributed by atoms with Crippen molar-refractivity contribution in [1.82, 2.24) is 9.80 Å². The Morgan fingerprint density at radius 1 is 1.27 bits per heavy atom. The predicted molar refractivity (Wildman–Crippen MR) is 90.3 cm³/mol. The SMILES string of the molecule is CC(C)COC(=O)N1CCCN(C(=O)c2sccc2Br)CC1. The molecule has 0 N–H and O–H groups in total. The van der Waals surface area contributed by atoms with Crippen LogP contribution in [0.2, 0.25) is 0 Å². The standard InChI is InChI=1S/C15H21BrN2O3S/c1-11(2)10-21-15(20)18-6-3-5-17(7-8-18)14(19)13-12(16)4-9-22-13/h4,9,11H,3,5-8,10H2,1-2H3. The van der Waals surface area contributed by atoms with Crippen molar-refractivity contribution in [1.29, 1.82) is 0 Å². The molecule has 22 heavy (non-hydrogen) atoms. The van der Waals surface area contributed by atoms with Gasteiger partial charge in [0.2, 0.25) is 0 Å². The highest BCUT2D eigenvalue weighted by molar-refractivity contribution is 9.10. The first kappa shape index (κ1) is 17.3. The number of carbonyl (C=O) groups excluding carboxylic acids is 2. The van der Waals surface area contributed by atoms with E-state index in [2.05, 4.69) is 15.9 Å².